The average Bonchev–Trinajstić information content (AvgIpc) is 2.96. The van der Waals surface area contributed by atoms with Gasteiger partial charge in [-0.15, -0.1) is 0 Å². The lowest BCUT2D eigenvalue weighted by atomic mass is 9.95. The van der Waals surface area contributed by atoms with Crippen LogP contribution < -0.4 is 4.74 Å². The molecule has 2 aromatic rings. The number of aromatic hydroxyl groups is 1. The van der Waals surface area contributed by atoms with Crippen molar-refractivity contribution in [3.8, 4) is 11.5 Å². The Kier molecular flexibility index (Phi) is 6.34. The van der Waals surface area contributed by atoms with Crippen LogP contribution in [0.2, 0.25) is 5.02 Å². The number of nitrogens with zero attached hydrogens (tertiary/aromatic N) is 2. The molecule has 8 heteroatoms. The molecule has 1 aliphatic rings. The number of phenolic OH excluding ortho intramolecular Hbond substituents is 1. The summed E-state index contributed by atoms with van der Waals surface area (Å²) in [5.74, 6) is -1.85. The van der Waals surface area contributed by atoms with Crippen LogP contribution in [-0.4, -0.2) is 66.0 Å². The number of Topliss-reactive ketones (excluding diaryl/α,β-unsaturated/α-hetero) is 1. The molecule has 7 nitrogen and oxygen atoms in total. The number of phenols is 1. The van der Waals surface area contributed by atoms with Gasteiger partial charge in [-0.3, -0.25) is 9.59 Å². The molecule has 0 spiro atoms. The summed E-state index contributed by atoms with van der Waals surface area (Å²) >= 11 is 6.15. The highest BCUT2D eigenvalue weighted by molar-refractivity contribution is 6.46. The van der Waals surface area contributed by atoms with Crippen LogP contribution in [0.4, 0.5) is 0 Å². The molecule has 158 valence electrons. The summed E-state index contributed by atoms with van der Waals surface area (Å²) in [7, 11) is 5.17. The van der Waals surface area contributed by atoms with E-state index in [-0.39, 0.29) is 23.4 Å². The lowest BCUT2D eigenvalue weighted by molar-refractivity contribution is -0.140. The van der Waals surface area contributed by atoms with Crippen molar-refractivity contribution in [3.05, 3.63) is 64.2 Å². The van der Waals surface area contributed by atoms with Crippen molar-refractivity contribution in [2.45, 2.75) is 6.04 Å². The van der Waals surface area contributed by atoms with E-state index in [1.165, 1.54) is 24.1 Å². The number of hydrogen-bond acceptors (Lipinski definition) is 6. The fourth-order valence-electron chi connectivity index (χ4n) is 3.43. The summed E-state index contributed by atoms with van der Waals surface area (Å²) in [6, 6.07) is 10.3. The second-order valence-corrected chi connectivity index (χ2v) is 7.67. The van der Waals surface area contributed by atoms with Gasteiger partial charge in [-0.1, -0.05) is 23.7 Å². The molecular formula is C22H23ClN2O5. The van der Waals surface area contributed by atoms with Crippen LogP contribution in [0.5, 0.6) is 11.5 Å². The standard InChI is InChI=1S/C22H23ClN2O5/c1-24(2)9-10-25-19(13-5-4-6-14(23)11-13)18(21(28)22(25)29)20(27)16-8-7-15(30-3)12-17(16)26/h4-8,11-12,19,26-27H,9-10H2,1-3H3/t19-/m1/s1. The number of amides is 1. The zero-order valence-electron chi connectivity index (χ0n) is 16.9. The minimum absolute atomic E-state index is 0.0356. The van der Waals surface area contributed by atoms with Crippen molar-refractivity contribution in [1.29, 1.82) is 0 Å². The van der Waals surface area contributed by atoms with E-state index >= 15 is 0 Å². The van der Waals surface area contributed by atoms with Crippen LogP contribution in [-0.2, 0) is 9.59 Å². The summed E-state index contributed by atoms with van der Waals surface area (Å²) in [6.45, 7) is 0.804. The Morgan fingerprint density at radius 2 is 1.93 bits per heavy atom. The van der Waals surface area contributed by atoms with Crippen LogP contribution in [0, 0.1) is 0 Å². The number of ether oxygens (including phenoxy) is 1. The summed E-state index contributed by atoms with van der Waals surface area (Å²) < 4.78 is 5.06. The van der Waals surface area contributed by atoms with E-state index in [9.17, 15) is 19.8 Å². The second-order valence-electron chi connectivity index (χ2n) is 7.23. The molecule has 30 heavy (non-hydrogen) atoms. The van der Waals surface area contributed by atoms with Gasteiger partial charge in [0.1, 0.15) is 17.3 Å². The molecule has 1 atom stereocenters. The van der Waals surface area contributed by atoms with E-state index in [1.807, 2.05) is 19.0 Å². The topological polar surface area (TPSA) is 90.3 Å². The lowest BCUT2D eigenvalue weighted by Crippen LogP contribution is -2.35. The third-order valence-electron chi connectivity index (χ3n) is 4.95. The van der Waals surface area contributed by atoms with E-state index in [0.29, 0.717) is 22.9 Å². The van der Waals surface area contributed by atoms with Gasteiger partial charge in [-0.05, 0) is 43.9 Å². The van der Waals surface area contributed by atoms with Crippen LogP contribution in [0.15, 0.2) is 48.0 Å². The SMILES string of the molecule is COc1ccc(C(O)=C2C(=O)C(=O)N(CCN(C)C)[C@@H]2c2cccc(Cl)c2)c(O)c1. The monoisotopic (exact) mass is 430 g/mol. The molecule has 0 aromatic heterocycles. The molecule has 3 rings (SSSR count). The number of hydrogen-bond donors (Lipinski definition) is 2. The number of halogens is 1. The zero-order valence-corrected chi connectivity index (χ0v) is 17.7. The van der Waals surface area contributed by atoms with Crippen LogP contribution in [0.3, 0.4) is 0 Å². The zero-order chi connectivity index (χ0) is 22.0. The van der Waals surface area contributed by atoms with E-state index in [0.717, 1.165) is 0 Å². The molecule has 0 radical (unpaired) electrons. The first-order valence-electron chi connectivity index (χ1n) is 9.30. The van der Waals surface area contributed by atoms with Gasteiger partial charge in [0, 0.05) is 24.2 Å². The molecule has 0 aliphatic carbocycles. The van der Waals surface area contributed by atoms with Crippen LogP contribution in [0.1, 0.15) is 17.2 Å². The lowest BCUT2D eigenvalue weighted by Gasteiger charge is -2.26. The molecule has 0 unspecified atom stereocenters. The number of aliphatic hydroxyl groups excluding tert-OH is 1. The van der Waals surface area contributed by atoms with Gasteiger partial charge in [0.15, 0.2) is 0 Å². The minimum atomic E-state index is -0.829. The molecule has 1 aliphatic heterocycles. The van der Waals surface area contributed by atoms with Crippen molar-refractivity contribution in [2.75, 3.05) is 34.3 Å². The van der Waals surface area contributed by atoms with E-state index < -0.39 is 23.5 Å². The Balaban J connectivity index is 2.17. The Bertz CT molecular complexity index is 1020. The maximum absolute atomic E-state index is 12.9. The maximum atomic E-state index is 12.9. The highest BCUT2D eigenvalue weighted by atomic mass is 35.5. The smallest absolute Gasteiger partial charge is 0.295 e. The van der Waals surface area contributed by atoms with Gasteiger partial charge in [-0.25, -0.2) is 0 Å². The number of ketones is 1. The largest absolute Gasteiger partial charge is 0.507 e. The Labute approximate surface area is 179 Å². The number of carbonyl (C=O) groups excluding carboxylic acids is 2. The van der Waals surface area contributed by atoms with E-state index in [4.69, 9.17) is 16.3 Å². The fourth-order valence-corrected chi connectivity index (χ4v) is 3.62. The van der Waals surface area contributed by atoms with Gasteiger partial charge in [-0.2, -0.15) is 0 Å². The first kappa shape index (κ1) is 21.7. The summed E-state index contributed by atoms with van der Waals surface area (Å²) in [6.07, 6.45) is 0. The Hall–Kier alpha value is -3.03. The highest BCUT2D eigenvalue weighted by Gasteiger charge is 2.46. The Morgan fingerprint density at radius 3 is 2.53 bits per heavy atom. The number of likely N-dealkylation sites (N-methyl/N-ethyl adjacent to an activating group) is 1. The fraction of sp³-hybridized carbons (Fsp3) is 0.273. The number of rotatable bonds is 6. The van der Waals surface area contributed by atoms with Gasteiger partial charge >= 0.3 is 0 Å². The molecule has 0 saturated carbocycles. The van der Waals surface area contributed by atoms with Crippen molar-refractivity contribution in [3.63, 3.8) is 0 Å². The van der Waals surface area contributed by atoms with Gasteiger partial charge in [0.05, 0.1) is 24.3 Å². The second kappa shape index (κ2) is 8.77. The van der Waals surface area contributed by atoms with Crippen molar-refractivity contribution < 1.29 is 24.5 Å². The van der Waals surface area contributed by atoms with Crippen molar-refractivity contribution >= 4 is 29.1 Å². The molecule has 1 saturated heterocycles. The highest BCUT2D eigenvalue weighted by Crippen LogP contribution is 2.41. The third kappa shape index (κ3) is 4.13. The summed E-state index contributed by atoms with van der Waals surface area (Å²) in [5, 5.41) is 21.8. The molecule has 1 heterocycles. The molecule has 1 fully saturated rings. The third-order valence-corrected chi connectivity index (χ3v) is 5.19. The molecule has 2 aromatic carbocycles. The number of aliphatic hydroxyl groups is 1. The Morgan fingerprint density at radius 1 is 1.20 bits per heavy atom. The molecule has 1 amide bonds. The van der Waals surface area contributed by atoms with Crippen molar-refractivity contribution in [2.24, 2.45) is 0 Å². The predicted molar refractivity (Wildman–Crippen MR) is 114 cm³/mol. The number of benzene rings is 2. The maximum Gasteiger partial charge on any atom is 0.295 e. The van der Waals surface area contributed by atoms with Crippen LogP contribution in [0.25, 0.3) is 5.76 Å². The quantitative estimate of drug-likeness (QED) is 0.416. The first-order chi connectivity index (χ1) is 14.2. The number of likely N-dealkylation sites (tertiary alicyclic amines) is 1. The van der Waals surface area contributed by atoms with E-state index in [1.54, 1.807) is 30.3 Å². The van der Waals surface area contributed by atoms with Crippen molar-refractivity contribution in [1.82, 2.24) is 9.80 Å². The first-order valence-corrected chi connectivity index (χ1v) is 9.68. The molecular weight excluding hydrogens is 408 g/mol. The van der Waals surface area contributed by atoms with E-state index in [2.05, 4.69) is 0 Å². The predicted octanol–water partition coefficient (Wildman–Crippen LogP) is 3.04. The van der Waals surface area contributed by atoms with Crippen LogP contribution >= 0.6 is 11.6 Å². The van der Waals surface area contributed by atoms with Gasteiger partial charge in [0.25, 0.3) is 11.7 Å². The molecule has 0 bridgehead atoms. The number of carbonyl (C=O) groups is 2. The number of methoxy groups -OCH3 is 1. The summed E-state index contributed by atoms with van der Waals surface area (Å²) in [4.78, 5) is 29.0. The van der Waals surface area contributed by atoms with Gasteiger partial charge in [0.2, 0.25) is 0 Å². The minimum Gasteiger partial charge on any atom is -0.507 e. The molecule has 2 N–H and O–H groups in total. The normalized spacial score (nSPS) is 18.3. The van der Waals surface area contributed by atoms with Gasteiger partial charge < -0.3 is 24.7 Å². The average molecular weight is 431 g/mol. The summed E-state index contributed by atoms with van der Waals surface area (Å²) in [5.41, 5.74) is 0.532.